The number of nitrogens with one attached hydrogen (secondary N) is 2. The van der Waals surface area contributed by atoms with Crippen molar-refractivity contribution in [1.82, 2.24) is 4.90 Å². The maximum atomic E-state index is 7.44. The van der Waals surface area contributed by atoms with Gasteiger partial charge >= 0.3 is 0 Å². The lowest BCUT2D eigenvalue weighted by molar-refractivity contribution is 0.519. The Hall–Kier alpha value is -0.770. The highest BCUT2D eigenvalue weighted by Gasteiger charge is 2.04. The van der Waals surface area contributed by atoms with E-state index in [4.69, 9.17) is 10.8 Å². The van der Waals surface area contributed by atoms with Crippen LogP contribution >= 0.6 is 12.6 Å². The fourth-order valence-electron chi connectivity index (χ4n) is 0.786. The largest absolute Gasteiger partial charge is 0.364 e. The molecule has 0 radical (unpaired) electrons. The van der Waals surface area contributed by atoms with Gasteiger partial charge in [0.05, 0.1) is 17.3 Å². The second-order valence-corrected chi connectivity index (χ2v) is 2.96. The van der Waals surface area contributed by atoms with Crippen LogP contribution in [0.1, 0.15) is 13.8 Å². The molecule has 0 saturated heterocycles. The van der Waals surface area contributed by atoms with E-state index in [9.17, 15) is 0 Å². The Morgan fingerprint density at radius 2 is 1.92 bits per heavy atom. The lowest BCUT2D eigenvalue weighted by atomic mass is 10.2. The first kappa shape index (κ1) is 11.2. The summed E-state index contributed by atoms with van der Waals surface area (Å²) in [5.41, 5.74) is 1.65. The van der Waals surface area contributed by atoms with Crippen LogP contribution in [0.3, 0.4) is 0 Å². The van der Waals surface area contributed by atoms with Crippen molar-refractivity contribution in [2.75, 3.05) is 12.9 Å². The Balaban J connectivity index is 4.66. The van der Waals surface area contributed by atoms with E-state index in [1.54, 1.807) is 19.9 Å². The molecule has 0 aromatic rings. The summed E-state index contributed by atoms with van der Waals surface area (Å²) < 4.78 is 0. The minimum Gasteiger partial charge on any atom is -0.364 e. The zero-order valence-electron chi connectivity index (χ0n) is 7.68. The zero-order valence-corrected chi connectivity index (χ0v) is 8.57. The molecule has 0 saturated carbocycles. The molecule has 2 N–H and O–H groups in total. The van der Waals surface area contributed by atoms with Gasteiger partial charge in [-0.05, 0) is 19.9 Å². The molecule has 0 aromatic heterocycles. The van der Waals surface area contributed by atoms with Gasteiger partial charge in [0.2, 0.25) is 0 Å². The molecule has 0 spiro atoms. The van der Waals surface area contributed by atoms with Crippen LogP contribution in [0, 0.1) is 10.8 Å². The van der Waals surface area contributed by atoms with E-state index in [2.05, 4.69) is 12.6 Å². The summed E-state index contributed by atoms with van der Waals surface area (Å²) in [6.07, 6.45) is 1.67. The fraction of sp³-hybridized carbons (Fsp3) is 0.500. The van der Waals surface area contributed by atoms with Gasteiger partial charge < -0.3 is 15.7 Å². The quantitative estimate of drug-likeness (QED) is 0.349. The molecule has 3 nitrogen and oxygen atoms in total. The van der Waals surface area contributed by atoms with Gasteiger partial charge in [-0.25, -0.2) is 0 Å². The van der Waals surface area contributed by atoms with Crippen molar-refractivity contribution in [1.29, 1.82) is 10.8 Å². The third-order valence-electron chi connectivity index (χ3n) is 1.36. The second-order valence-electron chi connectivity index (χ2n) is 2.68. The Kier molecular flexibility index (Phi) is 4.66. The average Bonchev–Trinajstić information content (AvgIpc) is 1.98. The minimum atomic E-state index is 0.449. The highest BCUT2D eigenvalue weighted by Crippen LogP contribution is 2.04. The zero-order chi connectivity index (χ0) is 9.72. The molecular weight excluding hydrogens is 170 g/mol. The molecule has 0 amide bonds. The molecule has 4 heteroatoms. The lowest BCUT2D eigenvalue weighted by Gasteiger charge is -2.19. The number of allylic oxidation sites excluding steroid dienone is 2. The van der Waals surface area contributed by atoms with Crippen molar-refractivity contribution in [3.05, 3.63) is 11.8 Å². The number of nitrogens with zero attached hydrogens (tertiary/aromatic N) is 1. The summed E-state index contributed by atoms with van der Waals surface area (Å²) in [6.45, 7) is 3.39. The molecule has 0 heterocycles. The van der Waals surface area contributed by atoms with Crippen molar-refractivity contribution < 1.29 is 0 Å². The van der Waals surface area contributed by atoms with Crippen LogP contribution < -0.4 is 0 Å². The molecule has 0 atom stereocenters. The standard InChI is InChI=1S/C8H15N3S/c1-6(9)4-8(7(2)10)11(3)5-12/h4,9-10,12H,5H2,1-3H3/b8-4+,9-6?,10-7?. The SMILES string of the molecule is CC(=N)/C=C(\C(C)=N)N(C)CS. The summed E-state index contributed by atoms with van der Waals surface area (Å²) in [5, 5.41) is 14.7. The van der Waals surface area contributed by atoms with Gasteiger partial charge in [0, 0.05) is 12.8 Å². The summed E-state index contributed by atoms with van der Waals surface area (Å²) >= 11 is 4.09. The molecule has 0 aliphatic heterocycles. The molecule has 12 heavy (non-hydrogen) atoms. The summed E-state index contributed by atoms with van der Waals surface area (Å²) in [4.78, 5) is 1.82. The Morgan fingerprint density at radius 1 is 1.42 bits per heavy atom. The maximum Gasteiger partial charge on any atom is 0.0607 e. The van der Waals surface area contributed by atoms with Crippen molar-refractivity contribution in [3.63, 3.8) is 0 Å². The van der Waals surface area contributed by atoms with Gasteiger partial charge in [-0.3, -0.25) is 0 Å². The smallest absolute Gasteiger partial charge is 0.0607 e. The van der Waals surface area contributed by atoms with Gasteiger partial charge in [0.1, 0.15) is 0 Å². The summed E-state index contributed by atoms with van der Waals surface area (Å²) in [7, 11) is 1.85. The number of rotatable bonds is 4. The lowest BCUT2D eigenvalue weighted by Crippen LogP contribution is -2.21. The van der Waals surface area contributed by atoms with Crippen LogP contribution in [0.15, 0.2) is 11.8 Å². The maximum absolute atomic E-state index is 7.44. The second kappa shape index (κ2) is 4.98. The van der Waals surface area contributed by atoms with E-state index in [-0.39, 0.29) is 0 Å². The first-order valence-electron chi connectivity index (χ1n) is 3.63. The van der Waals surface area contributed by atoms with E-state index in [0.29, 0.717) is 17.3 Å². The van der Waals surface area contributed by atoms with E-state index >= 15 is 0 Å². The number of thiol groups is 1. The van der Waals surface area contributed by atoms with Crippen LogP contribution in [0.2, 0.25) is 0 Å². The van der Waals surface area contributed by atoms with Crippen LogP contribution in [-0.2, 0) is 0 Å². The van der Waals surface area contributed by atoms with Gasteiger partial charge in [0.15, 0.2) is 0 Å². The third kappa shape index (κ3) is 3.57. The van der Waals surface area contributed by atoms with Crippen molar-refractivity contribution in [3.8, 4) is 0 Å². The summed E-state index contributed by atoms with van der Waals surface area (Å²) in [5.74, 6) is 0.551. The molecular formula is C8H15N3S. The number of hydrogen-bond acceptors (Lipinski definition) is 4. The fourth-order valence-corrected chi connectivity index (χ4v) is 0.938. The van der Waals surface area contributed by atoms with Crippen LogP contribution in [0.5, 0.6) is 0 Å². The summed E-state index contributed by atoms with van der Waals surface area (Å²) in [6, 6.07) is 0. The Morgan fingerprint density at radius 3 is 2.17 bits per heavy atom. The molecule has 0 aliphatic carbocycles. The van der Waals surface area contributed by atoms with Gasteiger partial charge in [0.25, 0.3) is 0 Å². The van der Waals surface area contributed by atoms with Crippen LogP contribution in [0.4, 0.5) is 0 Å². The number of hydrogen-bond donors (Lipinski definition) is 3. The molecule has 68 valence electrons. The first-order valence-corrected chi connectivity index (χ1v) is 4.26. The van der Waals surface area contributed by atoms with Crippen molar-refractivity contribution in [2.45, 2.75) is 13.8 Å². The van der Waals surface area contributed by atoms with E-state index < -0.39 is 0 Å². The van der Waals surface area contributed by atoms with Gasteiger partial charge in [-0.2, -0.15) is 12.6 Å². The predicted molar refractivity (Wildman–Crippen MR) is 56.5 cm³/mol. The molecule has 0 fully saturated rings. The van der Waals surface area contributed by atoms with Gasteiger partial charge in [-0.1, -0.05) is 0 Å². The molecule has 0 bridgehead atoms. The minimum absolute atomic E-state index is 0.449. The monoisotopic (exact) mass is 185 g/mol. The highest BCUT2D eigenvalue weighted by molar-refractivity contribution is 7.80. The van der Waals surface area contributed by atoms with E-state index in [0.717, 1.165) is 5.70 Å². The van der Waals surface area contributed by atoms with Crippen LogP contribution in [0.25, 0.3) is 0 Å². The molecule has 0 unspecified atom stereocenters. The van der Waals surface area contributed by atoms with Crippen molar-refractivity contribution >= 4 is 24.1 Å². The van der Waals surface area contributed by atoms with Gasteiger partial charge in [-0.15, -0.1) is 0 Å². The Labute approximate surface area is 78.9 Å². The average molecular weight is 185 g/mol. The Bertz CT molecular complexity index is 220. The highest BCUT2D eigenvalue weighted by atomic mass is 32.1. The predicted octanol–water partition coefficient (Wildman–Crippen LogP) is 1.77. The third-order valence-corrected chi connectivity index (χ3v) is 1.79. The normalized spacial score (nSPS) is 11.2. The molecule has 0 aromatic carbocycles. The van der Waals surface area contributed by atoms with E-state index in [1.807, 2.05) is 11.9 Å². The molecule has 0 rings (SSSR count). The van der Waals surface area contributed by atoms with E-state index in [1.165, 1.54) is 0 Å². The van der Waals surface area contributed by atoms with Crippen LogP contribution in [-0.4, -0.2) is 29.2 Å². The topological polar surface area (TPSA) is 50.9 Å². The first-order chi connectivity index (χ1) is 5.49. The van der Waals surface area contributed by atoms with Crippen molar-refractivity contribution in [2.24, 2.45) is 0 Å². The molecule has 0 aliphatic rings.